The Kier molecular flexibility index (Phi) is 6.53. The average Bonchev–Trinajstić information content (AvgIpc) is 2.66. The van der Waals surface area contributed by atoms with Gasteiger partial charge in [-0.15, -0.1) is 0 Å². The summed E-state index contributed by atoms with van der Waals surface area (Å²) in [5.41, 5.74) is -0.749. The van der Waals surface area contributed by atoms with Gasteiger partial charge in [-0.2, -0.15) is 17.2 Å². The fourth-order valence-electron chi connectivity index (χ4n) is 2.31. The second-order valence-electron chi connectivity index (χ2n) is 7.44. The molecule has 0 fully saturated rings. The molecule has 0 radical (unpaired) electrons. The number of alkyl halides is 2. The van der Waals surface area contributed by atoms with Crippen molar-refractivity contribution in [1.29, 1.82) is 0 Å². The fourth-order valence-corrected chi connectivity index (χ4v) is 2.78. The molecular formula is C20H22F2O7S. The van der Waals surface area contributed by atoms with Crippen LogP contribution in [0.1, 0.15) is 44.5 Å². The van der Waals surface area contributed by atoms with Crippen LogP contribution in [-0.4, -0.2) is 36.3 Å². The Morgan fingerprint density at radius 1 is 1.10 bits per heavy atom. The third kappa shape index (κ3) is 4.93. The van der Waals surface area contributed by atoms with E-state index in [0.29, 0.717) is 29.9 Å². The van der Waals surface area contributed by atoms with Gasteiger partial charge in [-0.05, 0) is 62.2 Å². The summed E-state index contributed by atoms with van der Waals surface area (Å²) >= 11 is 0. The van der Waals surface area contributed by atoms with Crippen molar-refractivity contribution in [1.82, 2.24) is 0 Å². The lowest BCUT2D eigenvalue weighted by Crippen LogP contribution is -2.42. The van der Waals surface area contributed by atoms with E-state index in [2.05, 4.69) is 4.74 Å². The molecule has 0 aliphatic carbocycles. The molecule has 7 nitrogen and oxygen atoms in total. The maximum Gasteiger partial charge on any atom is 0.405 e. The van der Waals surface area contributed by atoms with Crippen LogP contribution in [0.3, 0.4) is 0 Å². The maximum absolute atomic E-state index is 13.6. The van der Waals surface area contributed by atoms with Gasteiger partial charge in [-0.25, -0.2) is 4.79 Å². The van der Waals surface area contributed by atoms with Crippen molar-refractivity contribution in [3.63, 3.8) is 0 Å². The largest absolute Gasteiger partial charge is 0.451 e. The van der Waals surface area contributed by atoms with Gasteiger partial charge in [-0.3, -0.25) is 9.35 Å². The van der Waals surface area contributed by atoms with E-state index in [1.54, 1.807) is 26.0 Å². The number of benzene rings is 2. The predicted molar refractivity (Wildman–Crippen MR) is 105 cm³/mol. The standard InChI is InChI=1S/C20H22F2O7S/c1-5-19(3,4)18(24)29-16-9-8-13-10-15(7-6-14(13)11-16)17(23)28-12(2)20(21,22)30(25,26)27/h6-12H,5H2,1-4H3,(H,25,26,27). The minimum Gasteiger partial charge on any atom is -0.451 e. The smallest absolute Gasteiger partial charge is 0.405 e. The van der Waals surface area contributed by atoms with Crippen LogP contribution in [0.15, 0.2) is 36.4 Å². The first kappa shape index (κ1) is 23.7. The normalized spacial score (nSPS) is 13.7. The number of fused-ring (bicyclic) bond motifs is 1. The van der Waals surface area contributed by atoms with Gasteiger partial charge in [-0.1, -0.05) is 19.1 Å². The van der Waals surface area contributed by atoms with Gasteiger partial charge in [0.2, 0.25) is 0 Å². The highest BCUT2D eigenvalue weighted by Gasteiger charge is 2.52. The fraction of sp³-hybridized carbons (Fsp3) is 0.400. The molecule has 0 aliphatic rings. The number of ether oxygens (including phenoxy) is 2. The Bertz CT molecular complexity index is 1080. The van der Waals surface area contributed by atoms with Crippen LogP contribution in [0.5, 0.6) is 5.75 Å². The zero-order valence-corrected chi connectivity index (χ0v) is 17.6. The molecule has 2 aromatic rings. The van der Waals surface area contributed by atoms with E-state index in [1.165, 1.54) is 24.3 Å². The van der Waals surface area contributed by atoms with Gasteiger partial charge in [0, 0.05) is 0 Å². The first-order chi connectivity index (χ1) is 13.7. The Morgan fingerprint density at radius 3 is 2.23 bits per heavy atom. The second-order valence-corrected chi connectivity index (χ2v) is 8.93. The van der Waals surface area contributed by atoms with E-state index >= 15 is 0 Å². The van der Waals surface area contributed by atoms with Gasteiger partial charge in [0.1, 0.15) is 5.75 Å². The number of halogens is 2. The maximum atomic E-state index is 13.6. The summed E-state index contributed by atoms with van der Waals surface area (Å²) in [6.45, 7) is 6.06. The van der Waals surface area contributed by atoms with E-state index in [9.17, 15) is 26.8 Å². The third-order valence-electron chi connectivity index (χ3n) is 4.80. The van der Waals surface area contributed by atoms with E-state index in [4.69, 9.17) is 9.29 Å². The number of carbonyl (C=O) groups excluding carboxylic acids is 2. The Labute approximate surface area is 172 Å². The van der Waals surface area contributed by atoms with Crippen LogP contribution in [-0.2, 0) is 19.6 Å². The molecule has 0 spiro atoms. The highest BCUT2D eigenvalue weighted by molar-refractivity contribution is 7.86. The van der Waals surface area contributed by atoms with E-state index in [0.717, 1.165) is 0 Å². The summed E-state index contributed by atoms with van der Waals surface area (Å²) in [5.74, 6) is -1.27. The minimum atomic E-state index is -5.74. The zero-order chi connectivity index (χ0) is 22.9. The molecule has 0 bridgehead atoms. The average molecular weight is 444 g/mol. The van der Waals surface area contributed by atoms with Crippen LogP contribution in [0, 0.1) is 5.41 Å². The molecule has 0 aromatic heterocycles. The van der Waals surface area contributed by atoms with Gasteiger partial charge >= 0.3 is 27.3 Å². The van der Waals surface area contributed by atoms with Crippen molar-refractivity contribution in [2.24, 2.45) is 5.41 Å². The molecular weight excluding hydrogens is 422 g/mol. The lowest BCUT2D eigenvalue weighted by Gasteiger charge is -2.21. The highest BCUT2D eigenvalue weighted by atomic mass is 32.2. The number of rotatable bonds is 7. The Morgan fingerprint density at radius 2 is 1.67 bits per heavy atom. The van der Waals surface area contributed by atoms with Gasteiger partial charge < -0.3 is 9.47 Å². The summed E-state index contributed by atoms with van der Waals surface area (Å²) in [6, 6.07) is 8.84. The Balaban J connectivity index is 2.22. The molecule has 0 saturated carbocycles. The molecule has 0 amide bonds. The van der Waals surface area contributed by atoms with Crippen molar-refractivity contribution in [2.75, 3.05) is 0 Å². The lowest BCUT2D eigenvalue weighted by molar-refractivity contribution is -0.144. The molecule has 1 atom stereocenters. The molecule has 0 aliphatic heterocycles. The molecule has 30 heavy (non-hydrogen) atoms. The van der Waals surface area contributed by atoms with Crippen molar-refractivity contribution in [2.45, 2.75) is 45.5 Å². The SMILES string of the molecule is CCC(C)(C)C(=O)Oc1ccc2cc(C(=O)OC(C)C(F)(F)S(=O)(=O)O)ccc2c1. The summed E-state index contributed by atoms with van der Waals surface area (Å²) in [4.78, 5) is 24.3. The van der Waals surface area contributed by atoms with Gasteiger partial charge in [0.05, 0.1) is 11.0 Å². The van der Waals surface area contributed by atoms with Crippen LogP contribution < -0.4 is 4.74 Å². The first-order valence-corrected chi connectivity index (χ1v) is 10.4. The van der Waals surface area contributed by atoms with Crippen molar-refractivity contribution < 1.29 is 40.8 Å². The number of esters is 2. The monoisotopic (exact) mass is 444 g/mol. The lowest BCUT2D eigenvalue weighted by atomic mass is 9.91. The van der Waals surface area contributed by atoms with E-state index in [1.807, 2.05) is 6.92 Å². The predicted octanol–water partition coefficient (Wildman–Crippen LogP) is 4.21. The van der Waals surface area contributed by atoms with Crippen LogP contribution in [0.2, 0.25) is 0 Å². The summed E-state index contributed by atoms with van der Waals surface area (Å²) < 4.78 is 67.1. The van der Waals surface area contributed by atoms with Crippen LogP contribution >= 0.6 is 0 Å². The first-order valence-electron chi connectivity index (χ1n) is 9.01. The third-order valence-corrected chi connectivity index (χ3v) is 5.82. The summed E-state index contributed by atoms with van der Waals surface area (Å²) in [6.07, 6.45) is -1.81. The summed E-state index contributed by atoms with van der Waals surface area (Å²) in [5, 5.41) is -3.50. The van der Waals surface area contributed by atoms with Crippen LogP contribution in [0.4, 0.5) is 8.78 Å². The van der Waals surface area contributed by atoms with Crippen molar-refractivity contribution in [3.05, 3.63) is 42.0 Å². The van der Waals surface area contributed by atoms with E-state index in [-0.39, 0.29) is 5.56 Å². The zero-order valence-electron chi connectivity index (χ0n) is 16.8. The molecule has 0 saturated heterocycles. The van der Waals surface area contributed by atoms with E-state index < -0.39 is 38.8 Å². The topological polar surface area (TPSA) is 107 Å². The second kappa shape index (κ2) is 8.27. The number of hydrogen-bond donors (Lipinski definition) is 1. The highest BCUT2D eigenvalue weighted by Crippen LogP contribution is 2.29. The van der Waals surface area contributed by atoms with Crippen molar-refractivity contribution in [3.8, 4) is 5.75 Å². The number of carbonyl (C=O) groups is 2. The minimum absolute atomic E-state index is 0.0997. The van der Waals surface area contributed by atoms with Gasteiger partial charge in [0.15, 0.2) is 6.10 Å². The quantitative estimate of drug-likeness (QED) is 0.387. The molecule has 1 N–H and O–H groups in total. The van der Waals surface area contributed by atoms with Gasteiger partial charge in [0.25, 0.3) is 0 Å². The van der Waals surface area contributed by atoms with Crippen LogP contribution in [0.25, 0.3) is 10.8 Å². The summed E-state index contributed by atoms with van der Waals surface area (Å²) in [7, 11) is -5.74. The molecule has 0 heterocycles. The Hall–Kier alpha value is -2.59. The van der Waals surface area contributed by atoms with Crippen molar-refractivity contribution >= 4 is 32.8 Å². The molecule has 164 valence electrons. The molecule has 10 heteroatoms. The molecule has 2 rings (SSSR count). The molecule has 2 aromatic carbocycles. The number of hydrogen-bond acceptors (Lipinski definition) is 6. The molecule has 1 unspecified atom stereocenters.